The van der Waals surface area contributed by atoms with E-state index in [1.165, 1.54) is 6.07 Å². The molecule has 3 heterocycles. The van der Waals surface area contributed by atoms with Gasteiger partial charge in [0.25, 0.3) is 5.91 Å². The number of benzene rings is 1. The van der Waals surface area contributed by atoms with Crippen LogP contribution in [0.25, 0.3) is 10.9 Å². The van der Waals surface area contributed by atoms with Crippen LogP contribution >= 0.6 is 0 Å². The van der Waals surface area contributed by atoms with Crippen LogP contribution in [-0.4, -0.2) is 45.0 Å². The standard InChI is InChI=1S/C21H21N3O3/c1-13-3-6-17-15(11-13)19-18(8-9-23(2)20(19)25)24(17)10-7-14-4-5-16(21(26)27)22-12-14/h3-6,11-12H,7-10H2,1-2H3,(H,26,27). The molecule has 27 heavy (non-hydrogen) atoms. The number of rotatable bonds is 4. The molecule has 1 aliphatic heterocycles. The summed E-state index contributed by atoms with van der Waals surface area (Å²) in [5.74, 6) is -0.942. The summed E-state index contributed by atoms with van der Waals surface area (Å²) in [4.78, 5) is 29.5. The maximum atomic E-state index is 12.8. The van der Waals surface area contributed by atoms with Gasteiger partial charge in [-0.15, -0.1) is 0 Å². The zero-order valence-electron chi connectivity index (χ0n) is 15.4. The first-order valence-corrected chi connectivity index (χ1v) is 9.01. The predicted molar refractivity (Wildman–Crippen MR) is 102 cm³/mol. The zero-order valence-corrected chi connectivity index (χ0v) is 15.4. The minimum atomic E-state index is -1.02. The number of hydrogen-bond donors (Lipinski definition) is 1. The fraction of sp³-hybridized carbons (Fsp3) is 0.286. The average Bonchev–Trinajstić information content (AvgIpc) is 2.96. The summed E-state index contributed by atoms with van der Waals surface area (Å²) in [6.07, 6.45) is 3.17. The van der Waals surface area contributed by atoms with Crippen molar-refractivity contribution in [3.8, 4) is 0 Å². The van der Waals surface area contributed by atoms with Gasteiger partial charge in [-0.2, -0.15) is 0 Å². The molecule has 6 nitrogen and oxygen atoms in total. The summed E-state index contributed by atoms with van der Waals surface area (Å²) < 4.78 is 2.24. The second-order valence-corrected chi connectivity index (χ2v) is 7.08. The molecule has 0 fully saturated rings. The van der Waals surface area contributed by atoms with E-state index in [1.807, 2.05) is 14.0 Å². The summed E-state index contributed by atoms with van der Waals surface area (Å²) in [5.41, 5.74) is 5.14. The van der Waals surface area contributed by atoms with Crippen LogP contribution in [0, 0.1) is 6.92 Å². The van der Waals surface area contributed by atoms with Crippen molar-refractivity contribution in [3.05, 3.63) is 64.6 Å². The van der Waals surface area contributed by atoms with E-state index in [-0.39, 0.29) is 11.6 Å². The number of carboxylic acids is 1. The van der Waals surface area contributed by atoms with Crippen molar-refractivity contribution in [1.29, 1.82) is 0 Å². The number of likely N-dealkylation sites (N-methyl/N-ethyl adjacent to an activating group) is 1. The van der Waals surface area contributed by atoms with Crippen LogP contribution < -0.4 is 0 Å². The highest BCUT2D eigenvalue weighted by Crippen LogP contribution is 2.31. The Kier molecular flexibility index (Phi) is 4.18. The van der Waals surface area contributed by atoms with Crippen molar-refractivity contribution in [2.75, 3.05) is 13.6 Å². The number of carboxylic acid groups (broad SMARTS) is 1. The molecule has 0 spiro atoms. The number of aryl methyl sites for hydroxylation is 3. The number of carbonyl (C=O) groups excluding carboxylic acids is 1. The van der Waals surface area contributed by atoms with Crippen LogP contribution in [0.3, 0.4) is 0 Å². The molecule has 4 rings (SSSR count). The summed E-state index contributed by atoms with van der Waals surface area (Å²) in [7, 11) is 1.85. The molecule has 1 aliphatic rings. The van der Waals surface area contributed by atoms with Gasteiger partial charge in [0.2, 0.25) is 0 Å². The molecule has 1 N–H and O–H groups in total. The lowest BCUT2D eigenvalue weighted by atomic mass is 10.0. The van der Waals surface area contributed by atoms with Crippen LogP contribution in [-0.2, 0) is 19.4 Å². The molecular formula is C21H21N3O3. The van der Waals surface area contributed by atoms with E-state index in [9.17, 15) is 9.59 Å². The van der Waals surface area contributed by atoms with Crippen molar-refractivity contribution < 1.29 is 14.7 Å². The first-order chi connectivity index (χ1) is 13.0. The number of pyridine rings is 1. The van der Waals surface area contributed by atoms with Gasteiger partial charge >= 0.3 is 5.97 Å². The van der Waals surface area contributed by atoms with Crippen LogP contribution in [0.15, 0.2) is 36.5 Å². The highest BCUT2D eigenvalue weighted by atomic mass is 16.4. The van der Waals surface area contributed by atoms with Crippen molar-refractivity contribution in [2.45, 2.75) is 26.3 Å². The van der Waals surface area contributed by atoms with E-state index < -0.39 is 5.97 Å². The Morgan fingerprint density at radius 1 is 1.26 bits per heavy atom. The minimum absolute atomic E-state index is 0.0478. The number of aromatic carboxylic acids is 1. The summed E-state index contributed by atoms with van der Waals surface area (Å²) in [6.45, 7) is 3.48. The number of hydrogen-bond acceptors (Lipinski definition) is 3. The zero-order chi connectivity index (χ0) is 19.1. The second-order valence-electron chi connectivity index (χ2n) is 7.08. The van der Waals surface area contributed by atoms with Crippen LogP contribution in [0.5, 0.6) is 0 Å². The fourth-order valence-corrected chi connectivity index (χ4v) is 3.78. The molecule has 0 atom stereocenters. The Morgan fingerprint density at radius 2 is 2.07 bits per heavy atom. The number of nitrogens with zero attached hydrogens (tertiary/aromatic N) is 3. The molecule has 0 unspecified atom stereocenters. The SMILES string of the molecule is Cc1ccc2c(c1)c1c(n2CCc2ccc(C(=O)O)nc2)CCN(C)C1=O. The maximum Gasteiger partial charge on any atom is 0.354 e. The highest BCUT2D eigenvalue weighted by molar-refractivity contribution is 6.09. The van der Waals surface area contributed by atoms with Gasteiger partial charge in [-0.25, -0.2) is 9.78 Å². The van der Waals surface area contributed by atoms with Crippen LogP contribution in [0.4, 0.5) is 0 Å². The molecule has 0 saturated carbocycles. The third kappa shape index (κ3) is 2.97. The quantitative estimate of drug-likeness (QED) is 0.773. The van der Waals surface area contributed by atoms with Gasteiger partial charge in [-0.3, -0.25) is 4.79 Å². The van der Waals surface area contributed by atoms with Gasteiger partial charge in [-0.05, 0) is 37.1 Å². The van der Waals surface area contributed by atoms with Gasteiger partial charge in [0.05, 0.1) is 5.56 Å². The summed E-state index contributed by atoms with van der Waals surface area (Å²) >= 11 is 0. The Morgan fingerprint density at radius 3 is 2.78 bits per heavy atom. The molecule has 3 aromatic rings. The highest BCUT2D eigenvalue weighted by Gasteiger charge is 2.28. The fourth-order valence-electron chi connectivity index (χ4n) is 3.78. The molecule has 1 aromatic carbocycles. The van der Waals surface area contributed by atoms with Gasteiger partial charge in [0, 0.05) is 49.4 Å². The topological polar surface area (TPSA) is 75.4 Å². The van der Waals surface area contributed by atoms with Gasteiger partial charge < -0.3 is 14.6 Å². The van der Waals surface area contributed by atoms with Gasteiger partial charge in [-0.1, -0.05) is 17.7 Å². The second kappa shape index (κ2) is 6.54. The normalized spacial score (nSPS) is 13.9. The lowest BCUT2D eigenvalue weighted by Gasteiger charge is -2.24. The third-order valence-corrected chi connectivity index (χ3v) is 5.24. The molecule has 2 aromatic heterocycles. The van der Waals surface area contributed by atoms with E-state index in [1.54, 1.807) is 17.2 Å². The molecule has 138 valence electrons. The molecule has 6 heteroatoms. The Hall–Kier alpha value is -3.15. The number of carbonyl (C=O) groups is 2. The Balaban J connectivity index is 1.71. The molecule has 0 aliphatic carbocycles. The first kappa shape index (κ1) is 17.3. The Labute approximate surface area is 157 Å². The first-order valence-electron chi connectivity index (χ1n) is 9.01. The number of aromatic nitrogens is 2. The summed E-state index contributed by atoms with van der Waals surface area (Å²) in [6, 6.07) is 9.58. The molecule has 1 amide bonds. The molecular weight excluding hydrogens is 342 g/mol. The maximum absolute atomic E-state index is 12.8. The number of fused-ring (bicyclic) bond motifs is 3. The van der Waals surface area contributed by atoms with E-state index in [0.29, 0.717) is 0 Å². The van der Waals surface area contributed by atoms with E-state index in [0.717, 1.165) is 59.2 Å². The average molecular weight is 363 g/mol. The Bertz CT molecular complexity index is 1050. The van der Waals surface area contributed by atoms with Crippen molar-refractivity contribution >= 4 is 22.8 Å². The smallest absolute Gasteiger partial charge is 0.354 e. The van der Waals surface area contributed by atoms with E-state index >= 15 is 0 Å². The van der Waals surface area contributed by atoms with Crippen molar-refractivity contribution in [3.63, 3.8) is 0 Å². The monoisotopic (exact) mass is 363 g/mol. The van der Waals surface area contributed by atoms with E-state index in [4.69, 9.17) is 5.11 Å². The van der Waals surface area contributed by atoms with Gasteiger partial charge in [0.15, 0.2) is 0 Å². The van der Waals surface area contributed by atoms with Crippen LogP contribution in [0.1, 0.15) is 37.7 Å². The lowest BCUT2D eigenvalue weighted by molar-refractivity contribution is 0.0689. The summed E-state index contributed by atoms with van der Waals surface area (Å²) in [5, 5.41) is 9.99. The van der Waals surface area contributed by atoms with Crippen molar-refractivity contribution in [2.24, 2.45) is 0 Å². The molecule has 0 bridgehead atoms. The van der Waals surface area contributed by atoms with Gasteiger partial charge in [0.1, 0.15) is 5.69 Å². The largest absolute Gasteiger partial charge is 0.477 e. The lowest BCUT2D eigenvalue weighted by Crippen LogP contribution is -2.34. The van der Waals surface area contributed by atoms with Crippen molar-refractivity contribution in [1.82, 2.24) is 14.5 Å². The molecule has 0 saturated heterocycles. The predicted octanol–water partition coefficient (Wildman–Crippen LogP) is 2.91. The van der Waals surface area contributed by atoms with E-state index in [2.05, 4.69) is 27.8 Å². The number of amides is 1. The van der Waals surface area contributed by atoms with Crippen LogP contribution in [0.2, 0.25) is 0 Å². The molecule has 0 radical (unpaired) electrons. The third-order valence-electron chi connectivity index (χ3n) is 5.24. The minimum Gasteiger partial charge on any atom is -0.477 e.